The van der Waals surface area contributed by atoms with E-state index in [-0.39, 0.29) is 24.1 Å². The normalized spacial score (nSPS) is 19.0. The molecule has 2 unspecified atom stereocenters. The average molecular weight is 496 g/mol. The molecule has 0 amide bonds. The van der Waals surface area contributed by atoms with Gasteiger partial charge in [-0.25, -0.2) is 13.6 Å². The lowest BCUT2D eigenvalue weighted by Crippen LogP contribution is -2.25. The van der Waals surface area contributed by atoms with E-state index in [1.165, 1.54) is 10.6 Å². The second kappa shape index (κ2) is 8.48. The van der Waals surface area contributed by atoms with Crippen molar-refractivity contribution >= 4 is 5.82 Å². The molecule has 4 heterocycles. The highest BCUT2D eigenvalue weighted by Gasteiger charge is 2.38. The van der Waals surface area contributed by atoms with Gasteiger partial charge in [-0.3, -0.25) is 9.55 Å². The van der Waals surface area contributed by atoms with Crippen molar-refractivity contribution in [2.45, 2.75) is 37.9 Å². The predicted octanol–water partition coefficient (Wildman–Crippen LogP) is 3.26. The summed E-state index contributed by atoms with van der Waals surface area (Å²) in [6, 6.07) is 4.86. The van der Waals surface area contributed by atoms with Crippen LogP contribution in [0.25, 0.3) is 0 Å². The molecular weight excluding hydrogens is 479 g/mol. The lowest BCUT2D eigenvalue weighted by atomic mass is 10.2. The van der Waals surface area contributed by atoms with E-state index in [1.54, 1.807) is 0 Å². The summed E-state index contributed by atoms with van der Waals surface area (Å²) in [6.07, 6.45) is -3.91. The predicted molar refractivity (Wildman–Crippen MR) is 110 cm³/mol. The minimum absolute atomic E-state index is 0.0157. The van der Waals surface area contributed by atoms with E-state index in [0.717, 1.165) is 24.4 Å². The number of ether oxygens (including phenoxy) is 2. The fourth-order valence-electron chi connectivity index (χ4n) is 4.21. The molecule has 0 radical (unpaired) electrons. The molecule has 2 aromatic heterocycles. The zero-order chi connectivity index (χ0) is 24.9. The molecule has 35 heavy (non-hydrogen) atoms. The average Bonchev–Trinajstić information content (AvgIpc) is 3.31. The van der Waals surface area contributed by atoms with Crippen molar-refractivity contribution < 1.29 is 36.5 Å². The number of fused-ring (bicyclic) bond motifs is 3. The highest BCUT2D eigenvalue weighted by Crippen LogP contribution is 2.35. The van der Waals surface area contributed by atoms with Crippen molar-refractivity contribution in [1.82, 2.24) is 14.5 Å². The lowest BCUT2D eigenvalue weighted by molar-refractivity contribution is -0.141. The number of halogens is 5. The van der Waals surface area contributed by atoms with Gasteiger partial charge in [0.15, 0.2) is 17.4 Å². The van der Waals surface area contributed by atoms with Crippen molar-refractivity contribution in [1.29, 1.82) is 0 Å². The minimum Gasteiger partial charge on any atom is -0.473 e. The van der Waals surface area contributed by atoms with Crippen LogP contribution in [-0.2, 0) is 19.3 Å². The molecule has 13 heteroatoms. The number of benzene rings is 1. The van der Waals surface area contributed by atoms with Gasteiger partial charge in [0.1, 0.15) is 23.9 Å². The maximum absolute atomic E-state index is 14.5. The molecule has 2 aliphatic heterocycles. The van der Waals surface area contributed by atoms with Crippen LogP contribution in [0, 0.1) is 11.6 Å². The van der Waals surface area contributed by atoms with Gasteiger partial charge in [0, 0.05) is 31.4 Å². The number of aliphatic hydroxyl groups is 1. The molecule has 184 valence electrons. The number of rotatable bonds is 5. The Hall–Kier alpha value is -3.74. The quantitative estimate of drug-likeness (QED) is 0.543. The van der Waals surface area contributed by atoms with Crippen LogP contribution >= 0.6 is 0 Å². The molecule has 0 spiro atoms. The van der Waals surface area contributed by atoms with Gasteiger partial charge < -0.3 is 19.5 Å². The highest BCUT2D eigenvalue weighted by atomic mass is 19.4. The number of hydrogen-bond donors (Lipinski definition) is 1. The maximum atomic E-state index is 14.5. The molecule has 5 rings (SSSR count). The largest absolute Gasteiger partial charge is 0.473 e. The second-order valence-corrected chi connectivity index (χ2v) is 8.20. The number of alkyl halides is 3. The number of hydrogen-bond acceptors (Lipinski definition) is 7. The summed E-state index contributed by atoms with van der Waals surface area (Å²) in [4.78, 5) is 21.2. The van der Waals surface area contributed by atoms with Gasteiger partial charge >= 0.3 is 11.9 Å². The summed E-state index contributed by atoms with van der Waals surface area (Å²) >= 11 is 0. The second-order valence-electron chi connectivity index (χ2n) is 8.20. The standard InChI is InChI=1S/C22H17F5N4O4/c23-15-3-11(4-16(24)20(15)35-14-1-2-28-17(6-14)22(25,26)27)10-34-18-7-19-30-9-13(32)5-12(30)8-31(19)21(33)29-18/h1-4,6-7,12-13,32H,5,8-10H2. The van der Waals surface area contributed by atoms with Crippen LogP contribution < -0.4 is 20.1 Å². The minimum atomic E-state index is -4.75. The topological polar surface area (TPSA) is 89.7 Å². The van der Waals surface area contributed by atoms with Gasteiger partial charge in [-0.1, -0.05) is 0 Å². The van der Waals surface area contributed by atoms with Gasteiger partial charge in [0.25, 0.3) is 0 Å². The monoisotopic (exact) mass is 496 g/mol. The molecule has 1 N–H and O–H groups in total. The first-order chi connectivity index (χ1) is 16.6. The van der Waals surface area contributed by atoms with Crippen LogP contribution in [0.5, 0.6) is 17.4 Å². The fraction of sp³-hybridized carbons (Fsp3) is 0.318. The van der Waals surface area contributed by atoms with Crippen molar-refractivity contribution in [2.75, 3.05) is 11.4 Å². The first-order valence-corrected chi connectivity index (χ1v) is 10.5. The smallest absolute Gasteiger partial charge is 0.433 e. The van der Waals surface area contributed by atoms with E-state index in [9.17, 15) is 31.9 Å². The van der Waals surface area contributed by atoms with Crippen LogP contribution in [0.1, 0.15) is 17.7 Å². The van der Waals surface area contributed by atoms with Gasteiger partial charge in [-0.05, 0) is 30.2 Å². The Morgan fingerprint density at radius 1 is 1.11 bits per heavy atom. The first kappa shape index (κ1) is 23.0. The number of aromatic nitrogens is 3. The first-order valence-electron chi connectivity index (χ1n) is 10.5. The summed E-state index contributed by atoms with van der Waals surface area (Å²) in [5.74, 6) is -3.17. The van der Waals surface area contributed by atoms with E-state index in [2.05, 4.69) is 9.97 Å². The molecule has 2 aliphatic rings. The number of pyridine rings is 1. The summed E-state index contributed by atoms with van der Waals surface area (Å²) in [5.41, 5.74) is -1.78. The molecule has 1 saturated heterocycles. The lowest BCUT2D eigenvalue weighted by Gasteiger charge is -2.17. The Morgan fingerprint density at radius 3 is 2.57 bits per heavy atom. The van der Waals surface area contributed by atoms with E-state index in [4.69, 9.17) is 9.47 Å². The summed E-state index contributed by atoms with van der Waals surface area (Å²) in [7, 11) is 0. The third kappa shape index (κ3) is 4.50. The van der Waals surface area contributed by atoms with E-state index >= 15 is 0 Å². The third-order valence-corrected chi connectivity index (χ3v) is 5.73. The molecule has 1 aromatic carbocycles. The van der Waals surface area contributed by atoms with Crippen molar-refractivity contribution in [2.24, 2.45) is 0 Å². The van der Waals surface area contributed by atoms with Crippen molar-refractivity contribution in [3.8, 4) is 17.4 Å². The van der Waals surface area contributed by atoms with Crippen LogP contribution in [0.3, 0.4) is 0 Å². The van der Waals surface area contributed by atoms with Crippen LogP contribution in [0.2, 0.25) is 0 Å². The third-order valence-electron chi connectivity index (χ3n) is 5.73. The SMILES string of the molecule is O=c1nc(OCc2cc(F)c(Oc3ccnc(C(F)(F)F)c3)c(F)c2)cc2n1CC1CC(O)CN21. The molecule has 8 nitrogen and oxygen atoms in total. The Kier molecular flexibility index (Phi) is 5.58. The molecule has 0 aliphatic carbocycles. The Bertz CT molecular complexity index is 1320. The molecule has 3 aromatic rings. The van der Waals surface area contributed by atoms with Gasteiger partial charge in [0.2, 0.25) is 5.88 Å². The number of aliphatic hydroxyl groups excluding tert-OH is 1. The Balaban J connectivity index is 1.32. The van der Waals surface area contributed by atoms with Crippen LogP contribution in [0.15, 0.2) is 41.3 Å². The van der Waals surface area contributed by atoms with Gasteiger partial charge in [-0.2, -0.15) is 18.2 Å². The van der Waals surface area contributed by atoms with E-state index in [1.807, 2.05) is 4.90 Å². The molecule has 0 bridgehead atoms. The summed E-state index contributed by atoms with van der Waals surface area (Å²) in [5, 5.41) is 9.86. The highest BCUT2D eigenvalue weighted by molar-refractivity contribution is 5.48. The fourth-order valence-corrected chi connectivity index (χ4v) is 4.21. The summed E-state index contributed by atoms with van der Waals surface area (Å²) < 4.78 is 79.4. The zero-order valence-electron chi connectivity index (χ0n) is 17.8. The number of nitrogens with zero attached hydrogens (tertiary/aromatic N) is 4. The zero-order valence-corrected chi connectivity index (χ0v) is 17.8. The molecule has 1 fully saturated rings. The van der Waals surface area contributed by atoms with E-state index in [0.29, 0.717) is 31.4 Å². The number of anilines is 1. The molecule has 2 atom stereocenters. The van der Waals surface area contributed by atoms with Crippen LogP contribution in [0.4, 0.5) is 27.8 Å². The van der Waals surface area contributed by atoms with Gasteiger partial charge in [-0.15, -0.1) is 0 Å². The Labute approximate surface area is 194 Å². The van der Waals surface area contributed by atoms with Crippen molar-refractivity contribution in [3.63, 3.8) is 0 Å². The van der Waals surface area contributed by atoms with Gasteiger partial charge in [0.05, 0.1) is 12.1 Å². The summed E-state index contributed by atoms with van der Waals surface area (Å²) in [6.45, 7) is 0.426. The van der Waals surface area contributed by atoms with E-state index < -0.39 is 46.8 Å². The van der Waals surface area contributed by atoms with Crippen molar-refractivity contribution in [3.05, 3.63) is 69.9 Å². The van der Waals surface area contributed by atoms with Crippen LogP contribution in [-0.4, -0.2) is 38.3 Å². The molecular formula is C22H17F5N4O4. The maximum Gasteiger partial charge on any atom is 0.433 e. The Morgan fingerprint density at radius 2 is 1.86 bits per heavy atom. The molecule has 0 saturated carbocycles.